The highest BCUT2D eigenvalue weighted by atomic mass is 79.9. The van der Waals surface area contributed by atoms with Crippen molar-refractivity contribution in [3.8, 4) is 0 Å². The third-order valence-corrected chi connectivity index (χ3v) is 6.11. The summed E-state index contributed by atoms with van der Waals surface area (Å²) < 4.78 is 30.2. The van der Waals surface area contributed by atoms with Gasteiger partial charge in [-0.3, -0.25) is 4.98 Å². The highest BCUT2D eigenvalue weighted by molar-refractivity contribution is 9.10. The third-order valence-electron chi connectivity index (χ3n) is 4.48. The molecule has 130 valence electrons. The van der Waals surface area contributed by atoms with E-state index in [0.717, 1.165) is 33.9 Å². The van der Waals surface area contributed by atoms with Gasteiger partial charge in [0.25, 0.3) is 0 Å². The van der Waals surface area contributed by atoms with Crippen molar-refractivity contribution in [1.29, 1.82) is 0 Å². The van der Waals surface area contributed by atoms with Gasteiger partial charge in [0.2, 0.25) is 0 Å². The number of ether oxygens (including phenoxy) is 1. The van der Waals surface area contributed by atoms with E-state index in [4.69, 9.17) is 4.74 Å². The van der Waals surface area contributed by atoms with Crippen molar-refractivity contribution >= 4 is 42.4 Å². The lowest BCUT2D eigenvalue weighted by molar-refractivity contribution is 0.0315. The number of hydrogen-bond acceptors (Lipinski definition) is 5. The number of aromatic nitrogens is 1. The van der Waals surface area contributed by atoms with Crippen molar-refractivity contribution in [2.75, 3.05) is 37.1 Å². The van der Waals surface area contributed by atoms with Crippen LogP contribution >= 0.6 is 15.9 Å². The maximum Gasteiger partial charge on any atom is 0.148 e. The molecule has 0 unspecified atom stereocenters. The molecule has 5 nitrogen and oxygen atoms in total. The van der Waals surface area contributed by atoms with Crippen LogP contribution in [0, 0.1) is 5.41 Å². The minimum atomic E-state index is -3.05. The van der Waals surface area contributed by atoms with Crippen LogP contribution in [0.5, 0.6) is 0 Å². The van der Waals surface area contributed by atoms with E-state index in [9.17, 15) is 8.42 Å². The van der Waals surface area contributed by atoms with Crippen LogP contribution in [-0.2, 0) is 14.6 Å². The van der Waals surface area contributed by atoms with Gasteiger partial charge in [0, 0.05) is 53.2 Å². The zero-order chi connectivity index (χ0) is 17.2. The van der Waals surface area contributed by atoms with Crippen molar-refractivity contribution in [1.82, 2.24) is 4.98 Å². The van der Waals surface area contributed by atoms with Crippen molar-refractivity contribution in [3.63, 3.8) is 0 Å². The van der Waals surface area contributed by atoms with Gasteiger partial charge in [-0.15, -0.1) is 0 Å². The predicted molar refractivity (Wildman–Crippen MR) is 100 cm³/mol. The molecular formula is C17H21BrN2O3S. The summed E-state index contributed by atoms with van der Waals surface area (Å²) in [5.41, 5.74) is 1.60. The summed E-state index contributed by atoms with van der Waals surface area (Å²) in [4.78, 5) is 4.38. The Morgan fingerprint density at radius 1 is 1.29 bits per heavy atom. The van der Waals surface area contributed by atoms with Gasteiger partial charge in [-0.1, -0.05) is 15.9 Å². The minimum absolute atomic E-state index is 0.184. The van der Waals surface area contributed by atoms with Gasteiger partial charge in [-0.2, -0.15) is 0 Å². The van der Waals surface area contributed by atoms with Crippen molar-refractivity contribution < 1.29 is 13.2 Å². The van der Waals surface area contributed by atoms with E-state index in [0.29, 0.717) is 19.8 Å². The molecule has 0 atom stereocenters. The second-order valence-electron chi connectivity index (χ2n) is 6.56. The largest absolute Gasteiger partial charge is 0.384 e. The van der Waals surface area contributed by atoms with E-state index in [-0.39, 0.29) is 11.2 Å². The van der Waals surface area contributed by atoms with E-state index in [1.807, 2.05) is 24.3 Å². The SMILES string of the molecule is CS(=O)(=O)CC1(CNc2ccnc3ccc(Br)cc23)CCOCC1. The summed E-state index contributed by atoms with van der Waals surface area (Å²) in [6.07, 6.45) is 4.58. The number of pyridine rings is 1. The first-order valence-corrected chi connectivity index (χ1v) is 10.8. The Labute approximate surface area is 150 Å². The standard InChI is InChI=1S/C17H21BrN2O3S/c1-24(21,22)12-17(5-8-23-9-6-17)11-20-16-4-7-19-15-3-2-13(18)10-14(15)16/h2-4,7,10H,5-6,8-9,11-12H2,1H3,(H,19,20). The fourth-order valence-corrected chi connectivity index (χ4v) is 5.15. The van der Waals surface area contributed by atoms with E-state index >= 15 is 0 Å². The maximum absolute atomic E-state index is 11.9. The summed E-state index contributed by atoms with van der Waals surface area (Å²) in [7, 11) is -3.05. The number of nitrogens with one attached hydrogen (secondary N) is 1. The Kier molecular flexibility index (Phi) is 5.13. The molecule has 0 radical (unpaired) electrons. The molecule has 1 aliphatic rings. The Morgan fingerprint density at radius 3 is 2.75 bits per heavy atom. The Hall–Kier alpha value is -1.18. The molecule has 0 amide bonds. The number of fused-ring (bicyclic) bond motifs is 1. The lowest BCUT2D eigenvalue weighted by Gasteiger charge is -2.37. The van der Waals surface area contributed by atoms with Gasteiger partial charge in [-0.05, 0) is 37.1 Å². The van der Waals surface area contributed by atoms with Gasteiger partial charge in [0.05, 0.1) is 11.3 Å². The van der Waals surface area contributed by atoms with Crippen molar-refractivity contribution in [3.05, 3.63) is 34.9 Å². The molecule has 1 fully saturated rings. The molecule has 0 bridgehead atoms. The minimum Gasteiger partial charge on any atom is -0.384 e. The number of nitrogens with zero attached hydrogens (tertiary/aromatic N) is 1. The zero-order valence-corrected chi connectivity index (χ0v) is 16.0. The van der Waals surface area contributed by atoms with Crippen LogP contribution in [0.2, 0.25) is 0 Å². The molecule has 7 heteroatoms. The molecule has 1 N–H and O–H groups in total. The number of rotatable bonds is 5. The average molecular weight is 413 g/mol. The normalized spacial score (nSPS) is 17.8. The number of sulfone groups is 1. The Bertz CT molecular complexity index is 833. The highest BCUT2D eigenvalue weighted by Crippen LogP contribution is 2.33. The van der Waals surface area contributed by atoms with Crippen molar-refractivity contribution in [2.45, 2.75) is 12.8 Å². The summed E-state index contributed by atoms with van der Waals surface area (Å²) in [5, 5.41) is 4.49. The van der Waals surface area contributed by atoms with Crippen LogP contribution in [0.25, 0.3) is 10.9 Å². The second kappa shape index (κ2) is 6.98. The molecule has 1 saturated heterocycles. The second-order valence-corrected chi connectivity index (χ2v) is 9.61. The van der Waals surface area contributed by atoms with E-state index < -0.39 is 9.84 Å². The topological polar surface area (TPSA) is 68.3 Å². The van der Waals surface area contributed by atoms with Gasteiger partial charge < -0.3 is 10.1 Å². The predicted octanol–water partition coefficient (Wildman–Crippen LogP) is 3.25. The lowest BCUT2D eigenvalue weighted by Crippen LogP contribution is -2.41. The zero-order valence-electron chi connectivity index (χ0n) is 13.6. The highest BCUT2D eigenvalue weighted by Gasteiger charge is 2.35. The van der Waals surface area contributed by atoms with Crippen LogP contribution in [0.15, 0.2) is 34.9 Å². The molecule has 0 aliphatic carbocycles. The fourth-order valence-electron chi connectivity index (χ4n) is 3.29. The van der Waals surface area contributed by atoms with Crippen LogP contribution in [0.3, 0.4) is 0 Å². The van der Waals surface area contributed by atoms with Crippen molar-refractivity contribution in [2.24, 2.45) is 5.41 Å². The maximum atomic E-state index is 11.9. The molecule has 24 heavy (non-hydrogen) atoms. The number of benzene rings is 1. The summed E-state index contributed by atoms with van der Waals surface area (Å²) in [5.74, 6) is 0.184. The number of anilines is 1. The summed E-state index contributed by atoms with van der Waals surface area (Å²) >= 11 is 3.49. The van der Waals surface area contributed by atoms with E-state index in [1.165, 1.54) is 6.26 Å². The fraction of sp³-hybridized carbons (Fsp3) is 0.471. The molecule has 2 aromatic rings. The van der Waals surface area contributed by atoms with Crippen LogP contribution in [0.4, 0.5) is 5.69 Å². The Balaban J connectivity index is 1.86. The molecule has 1 aromatic carbocycles. The Morgan fingerprint density at radius 2 is 2.04 bits per heavy atom. The third kappa shape index (κ3) is 4.26. The number of hydrogen-bond donors (Lipinski definition) is 1. The smallest absolute Gasteiger partial charge is 0.148 e. The molecule has 0 spiro atoms. The van der Waals surface area contributed by atoms with Gasteiger partial charge in [0.1, 0.15) is 9.84 Å². The monoisotopic (exact) mass is 412 g/mol. The average Bonchev–Trinajstić information content (AvgIpc) is 2.52. The molecule has 0 saturated carbocycles. The number of halogens is 1. The first-order chi connectivity index (χ1) is 11.4. The molecule has 2 heterocycles. The first-order valence-electron chi connectivity index (χ1n) is 7.91. The summed E-state index contributed by atoms with van der Waals surface area (Å²) in [6, 6.07) is 7.88. The lowest BCUT2D eigenvalue weighted by atomic mass is 9.82. The van der Waals surface area contributed by atoms with Gasteiger partial charge in [-0.25, -0.2) is 8.42 Å². The first kappa shape index (κ1) is 17.6. The van der Waals surface area contributed by atoms with E-state index in [1.54, 1.807) is 6.20 Å². The molecule has 3 rings (SSSR count). The van der Waals surface area contributed by atoms with Crippen LogP contribution < -0.4 is 5.32 Å². The molecule has 1 aromatic heterocycles. The molecular weight excluding hydrogens is 392 g/mol. The van der Waals surface area contributed by atoms with Crippen LogP contribution in [-0.4, -0.2) is 45.2 Å². The van der Waals surface area contributed by atoms with Crippen LogP contribution in [0.1, 0.15) is 12.8 Å². The summed E-state index contributed by atoms with van der Waals surface area (Å²) in [6.45, 7) is 1.83. The van der Waals surface area contributed by atoms with Gasteiger partial charge in [0.15, 0.2) is 0 Å². The van der Waals surface area contributed by atoms with Gasteiger partial charge >= 0.3 is 0 Å². The quantitative estimate of drug-likeness (QED) is 0.815. The van der Waals surface area contributed by atoms with E-state index in [2.05, 4.69) is 26.2 Å². The molecule has 1 aliphatic heterocycles.